The number of aryl methyl sites for hydroxylation is 1. The topological polar surface area (TPSA) is 78.0 Å². The van der Waals surface area contributed by atoms with Gasteiger partial charge >= 0.3 is 0 Å². The van der Waals surface area contributed by atoms with E-state index in [1.807, 2.05) is 25.1 Å². The van der Waals surface area contributed by atoms with Crippen LogP contribution in [0, 0.1) is 0 Å². The molecule has 1 heterocycles. The molecule has 0 aliphatic heterocycles. The van der Waals surface area contributed by atoms with Crippen LogP contribution in [-0.4, -0.2) is 24.5 Å². The maximum absolute atomic E-state index is 11.6. The number of rotatable bonds is 4. The average Bonchev–Trinajstić information content (AvgIpc) is 2.96. The van der Waals surface area contributed by atoms with E-state index in [2.05, 4.69) is 5.10 Å². The summed E-state index contributed by atoms with van der Waals surface area (Å²) in [6.07, 6.45) is 2.03. The zero-order chi connectivity index (χ0) is 18.2. The molecule has 0 spiro atoms. The van der Waals surface area contributed by atoms with Crippen molar-refractivity contribution in [3.8, 4) is 16.9 Å². The molecule has 0 fully saturated rings. The molecule has 3 rings (SSSR count). The summed E-state index contributed by atoms with van der Waals surface area (Å²) < 4.78 is 24.9. The minimum absolute atomic E-state index is 0.268. The van der Waals surface area contributed by atoms with Crippen LogP contribution in [0.5, 0.6) is 0 Å². The third-order valence-corrected chi connectivity index (χ3v) is 5.33. The number of hydrogen-bond donors (Lipinski definition) is 1. The Labute approximate surface area is 152 Å². The molecule has 130 valence electrons. The first-order chi connectivity index (χ1) is 11.8. The van der Waals surface area contributed by atoms with E-state index in [0.29, 0.717) is 10.8 Å². The lowest BCUT2D eigenvalue weighted by atomic mass is 10.1. The molecule has 0 unspecified atom stereocenters. The van der Waals surface area contributed by atoms with Gasteiger partial charge < -0.3 is 5.73 Å². The van der Waals surface area contributed by atoms with Crippen molar-refractivity contribution >= 4 is 27.1 Å². The van der Waals surface area contributed by atoms with E-state index >= 15 is 0 Å². The van der Waals surface area contributed by atoms with E-state index < -0.39 is 9.84 Å². The van der Waals surface area contributed by atoms with Gasteiger partial charge in [-0.05, 0) is 36.2 Å². The van der Waals surface area contributed by atoms with Gasteiger partial charge in [-0.25, -0.2) is 13.1 Å². The molecule has 0 saturated carbocycles. The smallest absolute Gasteiger partial charge is 0.175 e. The molecule has 5 nitrogen and oxygen atoms in total. The maximum Gasteiger partial charge on any atom is 0.175 e. The summed E-state index contributed by atoms with van der Waals surface area (Å²) in [5, 5.41) is 4.68. The van der Waals surface area contributed by atoms with E-state index in [4.69, 9.17) is 17.3 Å². The highest BCUT2D eigenvalue weighted by atomic mass is 35.5. The number of nitrogen functional groups attached to an aromatic ring is 1. The predicted molar refractivity (Wildman–Crippen MR) is 101 cm³/mol. The molecule has 2 N–H and O–H groups in total. The van der Waals surface area contributed by atoms with Crippen LogP contribution in [0.2, 0.25) is 5.15 Å². The van der Waals surface area contributed by atoms with Crippen LogP contribution in [0.15, 0.2) is 53.4 Å². The summed E-state index contributed by atoms with van der Waals surface area (Å²) >= 11 is 6.11. The zero-order valence-electron chi connectivity index (χ0n) is 13.9. The van der Waals surface area contributed by atoms with Crippen LogP contribution in [-0.2, 0) is 16.3 Å². The van der Waals surface area contributed by atoms with Crippen LogP contribution in [0.1, 0.15) is 12.5 Å². The second kappa shape index (κ2) is 6.54. The van der Waals surface area contributed by atoms with Crippen LogP contribution in [0.3, 0.4) is 0 Å². The van der Waals surface area contributed by atoms with Gasteiger partial charge in [0.15, 0.2) is 15.0 Å². The minimum Gasteiger partial charge on any atom is -0.398 e. The Balaban J connectivity index is 2.09. The summed E-state index contributed by atoms with van der Waals surface area (Å²) in [7, 11) is -3.24. The van der Waals surface area contributed by atoms with Gasteiger partial charge in [-0.1, -0.05) is 36.7 Å². The third kappa shape index (κ3) is 3.55. The first kappa shape index (κ1) is 17.5. The quantitative estimate of drug-likeness (QED) is 0.704. The Morgan fingerprint density at radius 2 is 1.80 bits per heavy atom. The fourth-order valence-corrected chi connectivity index (χ4v) is 3.47. The fraction of sp³-hybridized carbons (Fsp3) is 0.167. The van der Waals surface area contributed by atoms with Gasteiger partial charge in [0.25, 0.3) is 0 Å². The molecule has 0 saturated heterocycles. The van der Waals surface area contributed by atoms with Gasteiger partial charge in [0.2, 0.25) is 0 Å². The second-order valence-electron chi connectivity index (χ2n) is 5.80. The average molecular weight is 376 g/mol. The van der Waals surface area contributed by atoms with E-state index in [-0.39, 0.29) is 4.90 Å². The number of hydrogen-bond acceptors (Lipinski definition) is 4. The highest BCUT2D eigenvalue weighted by Gasteiger charge is 2.13. The fourth-order valence-electron chi connectivity index (χ4n) is 2.66. The second-order valence-corrected chi connectivity index (χ2v) is 8.20. The minimum atomic E-state index is -3.24. The molecular weight excluding hydrogens is 358 g/mol. The van der Waals surface area contributed by atoms with Crippen molar-refractivity contribution in [3.05, 3.63) is 59.2 Å². The number of aromatic nitrogens is 2. The van der Waals surface area contributed by atoms with Crippen molar-refractivity contribution < 1.29 is 8.42 Å². The van der Waals surface area contributed by atoms with Crippen molar-refractivity contribution in [1.29, 1.82) is 0 Å². The van der Waals surface area contributed by atoms with E-state index in [1.165, 1.54) is 6.26 Å². The summed E-state index contributed by atoms with van der Waals surface area (Å²) in [6.45, 7) is 2.05. The number of anilines is 1. The monoisotopic (exact) mass is 375 g/mol. The largest absolute Gasteiger partial charge is 0.398 e. The summed E-state index contributed by atoms with van der Waals surface area (Å²) in [6, 6.07) is 14.1. The third-order valence-electron chi connectivity index (χ3n) is 4.01. The molecule has 25 heavy (non-hydrogen) atoms. The van der Waals surface area contributed by atoms with Crippen LogP contribution in [0.4, 0.5) is 5.69 Å². The van der Waals surface area contributed by atoms with Gasteiger partial charge in [-0.3, -0.25) is 0 Å². The first-order valence-electron chi connectivity index (χ1n) is 7.74. The normalized spacial score (nSPS) is 11.6. The van der Waals surface area contributed by atoms with E-state index in [0.717, 1.165) is 28.9 Å². The Kier molecular flexibility index (Phi) is 4.58. The SMILES string of the molecule is CCc1ccc(-n2nc(Cl)cc2-c2ccc(S(C)(=O)=O)cc2)cc1N. The Morgan fingerprint density at radius 3 is 2.36 bits per heavy atom. The Morgan fingerprint density at radius 1 is 1.12 bits per heavy atom. The molecule has 2 aromatic carbocycles. The summed E-state index contributed by atoms with van der Waals surface area (Å²) in [5.74, 6) is 0. The molecule has 3 aromatic rings. The Bertz CT molecular complexity index is 1020. The lowest BCUT2D eigenvalue weighted by Gasteiger charge is -2.10. The number of halogens is 1. The van der Waals surface area contributed by atoms with Crippen molar-refractivity contribution in [2.45, 2.75) is 18.2 Å². The summed E-state index contributed by atoms with van der Waals surface area (Å²) in [4.78, 5) is 0.268. The van der Waals surface area contributed by atoms with Crippen LogP contribution in [0.25, 0.3) is 16.9 Å². The highest BCUT2D eigenvalue weighted by molar-refractivity contribution is 7.90. The molecule has 0 aliphatic rings. The molecule has 0 bridgehead atoms. The van der Waals surface area contributed by atoms with Gasteiger partial charge in [0, 0.05) is 23.6 Å². The van der Waals surface area contributed by atoms with Crippen molar-refractivity contribution in [1.82, 2.24) is 9.78 Å². The lowest BCUT2D eigenvalue weighted by Crippen LogP contribution is -2.02. The standard InChI is InChI=1S/C18H18ClN3O2S/c1-3-12-4-7-14(10-16(12)20)22-17(11-18(19)21-22)13-5-8-15(9-6-13)25(2,23)24/h4-11H,3,20H2,1-2H3. The molecule has 0 aliphatic carbocycles. The number of sulfone groups is 1. The number of nitrogens with two attached hydrogens (primary N) is 1. The molecule has 7 heteroatoms. The van der Waals surface area contributed by atoms with Crippen LogP contribution >= 0.6 is 11.6 Å². The Hall–Kier alpha value is -2.31. The lowest BCUT2D eigenvalue weighted by molar-refractivity contribution is 0.602. The number of nitrogens with zero attached hydrogens (tertiary/aromatic N) is 2. The van der Waals surface area contributed by atoms with Gasteiger partial charge in [-0.15, -0.1) is 0 Å². The molecule has 0 atom stereocenters. The number of benzene rings is 2. The zero-order valence-corrected chi connectivity index (χ0v) is 15.5. The van der Waals surface area contributed by atoms with Gasteiger partial charge in [0.05, 0.1) is 16.3 Å². The van der Waals surface area contributed by atoms with Gasteiger partial charge in [-0.2, -0.15) is 5.10 Å². The maximum atomic E-state index is 11.6. The van der Waals surface area contributed by atoms with Crippen LogP contribution < -0.4 is 5.73 Å². The van der Waals surface area contributed by atoms with Gasteiger partial charge in [0.1, 0.15) is 0 Å². The molecule has 0 radical (unpaired) electrons. The van der Waals surface area contributed by atoms with E-state index in [1.54, 1.807) is 35.0 Å². The summed E-state index contributed by atoms with van der Waals surface area (Å²) in [5.41, 5.74) is 10.2. The van der Waals surface area contributed by atoms with Crippen molar-refractivity contribution in [3.63, 3.8) is 0 Å². The van der Waals surface area contributed by atoms with Crippen molar-refractivity contribution in [2.75, 3.05) is 12.0 Å². The first-order valence-corrected chi connectivity index (χ1v) is 10.0. The highest BCUT2D eigenvalue weighted by Crippen LogP contribution is 2.28. The van der Waals surface area contributed by atoms with Crippen molar-refractivity contribution in [2.24, 2.45) is 0 Å². The molecule has 0 amide bonds. The van der Waals surface area contributed by atoms with E-state index in [9.17, 15) is 8.42 Å². The predicted octanol–water partition coefficient (Wildman–Crippen LogP) is 3.74. The molecular formula is C18H18ClN3O2S. The molecule has 1 aromatic heterocycles.